The number of nitrogens with zero attached hydrogens (tertiary/aromatic N) is 1. The summed E-state index contributed by atoms with van der Waals surface area (Å²) in [6.45, 7) is 0.603. The lowest BCUT2D eigenvalue weighted by atomic mass is 9.90. The Morgan fingerprint density at radius 3 is 2.57 bits per heavy atom. The van der Waals surface area contributed by atoms with Crippen LogP contribution >= 0.6 is 15.9 Å². The highest BCUT2D eigenvalue weighted by Gasteiger charge is 2.73. The molecule has 0 radical (unpaired) electrons. The van der Waals surface area contributed by atoms with Crippen LogP contribution in [-0.4, -0.2) is 43.4 Å². The molecule has 0 spiro atoms. The summed E-state index contributed by atoms with van der Waals surface area (Å²) in [6, 6.07) is 2.97. The van der Waals surface area contributed by atoms with Crippen molar-refractivity contribution in [2.24, 2.45) is 0 Å². The fourth-order valence-electron chi connectivity index (χ4n) is 2.80. The van der Waals surface area contributed by atoms with Crippen molar-refractivity contribution < 1.29 is 27.5 Å². The molecular weight excluding hydrogens is 379 g/mol. The Labute approximate surface area is 139 Å². The molecule has 1 aliphatic carbocycles. The Hall–Kier alpha value is -1.57. The van der Waals surface area contributed by atoms with Gasteiger partial charge >= 0.3 is 5.97 Å². The van der Waals surface area contributed by atoms with Crippen molar-refractivity contribution in [1.82, 2.24) is 4.90 Å². The smallest absolute Gasteiger partial charge is 0.325 e. The van der Waals surface area contributed by atoms with Crippen molar-refractivity contribution in [2.75, 3.05) is 20.2 Å². The topological polar surface area (TPSA) is 46.6 Å². The van der Waals surface area contributed by atoms with Crippen LogP contribution < -0.4 is 0 Å². The van der Waals surface area contributed by atoms with E-state index >= 15 is 0 Å². The number of alkyl halides is 2. The second-order valence-electron chi connectivity index (χ2n) is 5.60. The van der Waals surface area contributed by atoms with E-state index in [1.165, 1.54) is 19.1 Å². The molecule has 0 N–H and O–H groups in total. The zero-order valence-electron chi connectivity index (χ0n) is 12.5. The van der Waals surface area contributed by atoms with Crippen molar-refractivity contribution in [2.45, 2.75) is 24.7 Å². The summed E-state index contributed by atoms with van der Waals surface area (Å²) in [6.07, 6.45) is -0.294. The number of carbonyl (C=O) groups excluding carboxylic acids is 2. The van der Waals surface area contributed by atoms with Crippen LogP contribution in [-0.2, 0) is 19.7 Å². The van der Waals surface area contributed by atoms with E-state index in [9.17, 15) is 22.8 Å². The molecule has 1 aromatic rings. The van der Waals surface area contributed by atoms with Gasteiger partial charge in [0.2, 0.25) is 6.41 Å². The maximum Gasteiger partial charge on any atom is 0.325 e. The number of hydrogen-bond donors (Lipinski definition) is 0. The molecule has 2 rings (SSSR count). The van der Waals surface area contributed by atoms with Gasteiger partial charge in [-0.05, 0) is 34.5 Å². The van der Waals surface area contributed by atoms with Gasteiger partial charge in [-0.1, -0.05) is 6.07 Å². The van der Waals surface area contributed by atoms with Crippen LogP contribution in [0.3, 0.4) is 0 Å². The minimum atomic E-state index is -3.16. The van der Waals surface area contributed by atoms with Gasteiger partial charge in [-0.15, -0.1) is 0 Å². The lowest BCUT2D eigenvalue weighted by molar-refractivity contribution is -0.144. The molecule has 4 nitrogen and oxygen atoms in total. The summed E-state index contributed by atoms with van der Waals surface area (Å²) in [5.74, 6) is -4.66. The van der Waals surface area contributed by atoms with Crippen molar-refractivity contribution >= 4 is 28.3 Å². The number of amides is 1. The van der Waals surface area contributed by atoms with Crippen molar-refractivity contribution in [3.63, 3.8) is 0 Å². The van der Waals surface area contributed by atoms with Crippen molar-refractivity contribution in [1.29, 1.82) is 0 Å². The SMILES string of the molecule is COC(=O)CN(C=O)CC1(c2c(C)ccc(Br)c2F)CC1(F)F. The number of rotatable bonds is 6. The fraction of sp³-hybridized carbons (Fsp3) is 0.467. The lowest BCUT2D eigenvalue weighted by Crippen LogP contribution is -2.39. The van der Waals surface area contributed by atoms with Gasteiger partial charge in [-0.3, -0.25) is 9.59 Å². The molecule has 1 aromatic carbocycles. The second-order valence-corrected chi connectivity index (χ2v) is 6.46. The average molecular weight is 394 g/mol. The van der Waals surface area contributed by atoms with Gasteiger partial charge in [0.25, 0.3) is 5.92 Å². The maximum atomic E-state index is 14.4. The highest BCUT2D eigenvalue weighted by atomic mass is 79.9. The quantitative estimate of drug-likeness (QED) is 0.551. The molecule has 0 bridgehead atoms. The highest BCUT2D eigenvalue weighted by molar-refractivity contribution is 9.10. The molecule has 1 fully saturated rings. The Bertz CT molecular complexity index is 653. The summed E-state index contributed by atoms with van der Waals surface area (Å²) in [5.41, 5.74) is -1.60. The van der Waals surface area contributed by atoms with Crippen LogP contribution in [0, 0.1) is 12.7 Å². The molecule has 8 heteroatoms. The van der Waals surface area contributed by atoms with E-state index in [2.05, 4.69) is 20.7 Å². The van der Waals surface area contributed by atoms with Crippen LogP contribution in [0.4, 0.5) is 13.2 Å². The Balaban J connectivity index is 2.41. The number of benzene rings is 1. The van der Waals surface area contributed by atoms with E-state index in [-0.39, 0.29) is 16.4 Å². The van der Waals surface area contributed by atoms with E-state index in [1.54, 1.807) is 0 Å². The zero-order chi connectivity index (χ0) is 17.4. The first-order chi connectivity index (χ1) is 10.7. The van der Waals surface area contributed by atoms with Gasteiger partial charge in [0.15, 0.2) is 0 Å². The monoisotopic (exact) mass is 393 g/mol. The van der Waals surface area contributed by atoms with Gasteiger partial charge in [0.05, 0.1) is 17.0 Å². The molecule has 1 atom stereocenters. The van der Waals surface area contributed by atoms with Crippen molar-refractivity contribution in [3.05, 3.63) is 33.5 Å². The predicted molar refractivity (Wildman–Crippen MR) is 79.7 cm³/mol. The maximum absolute atomic E-state index is 14.4. The number of ether oxygens (including phenoxy) is 1. The van der Waals surface area contributed by atoms with E-state index in [0.29, 0.717) is 5.56 Å². The third kappa shape index (κ3) is 3.08. The summed E-state index contributed by atoms with van der Waals surface area (Å²) in [7, 11) is 1.13. The number of aryl methyl sites for hydroxylation is 1. The van der Waals surface area contributed by atoms with Gasteiger partial charge in [0.1, 0.15) is 12.4 Å². The largest absolute Gasteiger partial charge is 0.468 e. The molecule has 0 aliphatic heterocycles. The first-order valence-corrected chi connectivity index (χ1v) is 7.57. The van der Waals surface area contributed by atoms with Crippen LogP contribution in [0.25, 0.3) is 0 Å². The lowest BCUT2D eigenvalue weighted by Gasteiger charge is -2.26. The highest BCUT2D eigenvalue weighted by Crippen LogP contribution is 2.63. The van der Waals surface area contributed by atoms with Crippen molar-refractivity contribution in [3.8, 4) is 0 Å². The molecule has 0 saturated heterocycles. The number of methoxy groups -OCH3 is 1. The summed E-state index contributed by atoms with van der Waals surface area (Å²) in [4.78, 5) is 23.3. The van der Waals surface area contributed by atoms with Gasteiger partial charge < -0.3 is 9.64 Å². The first kappa shape index (κ1) is 17.8. The second kappa shape index (κ2) is 6.14. The van der Waals surface area contributed by atoms with Crippen LogP contribution in [0.15, 0.2) is 16.6 Å². The number of carbonyl (C=O) groups is 2. The number of halogens is 4. The number of esters is 1. The molecule has 1 aliphatic rings. The molecule has 0 heterocycles. The summed E-state index contributed by atoms with van der Waals surface area (Å²) in [5, 5.41) is 0. The molecule has 23 heavy (non-hydrogen) atoms. The first-order valence-electron chi connectivity index (χ1n) is 6.77. The van der Waals surface area contributed by atoms with Gasteiger partial charge in [-0.25, -0.2) is 13.2 Å². The van der Waals surface area contributed by atoms with E-state index < -0.39 is 42.6 Å². The number of hydrogen-bond acceptors (Lipinski definition) is 3. The zero-order valence-corrected chi connectivity index (χ0v) is 14.1. The third-order valence-corrected chi connectivity index (χ3v) is 4.68. The van der Waals surface area contributed by atoms with Crippen LogP contribution in [0.5, 0.6) is 0 Å². The standard InChI is InChI=1S/C15H15BrF3NO3/c1-9-3-4-10(16)13(17)12(9)14(6-15(14,18)19)7-20(8-21)5-11(22)23-2/h3-4,8H,5-7H2,1-2H3. The average Bonchev–Trinajstić information content (AvgIpc) is 3.03. The Morgan fingerprint density at radius 1 is 1.48 bits per heavy atom. The normalized spacial score (nSPS) is 21.7. The molecule has 1 amide bonds. The summed E-state index contributed by atoms with van der Waals surface area (Å²) < 4.78 is 47.2. The van der Waals surface area contributed by atoms with E-state index in [0.717, 1.165) is 12.0 Å². The Morgan fingerprint density at radius 2 is 2.09 bits per heavy atom. The molecule has 0 aromatic heterocycles. The summed E-state index contributed by atoms with van der Waals surface area (Å²) >= 11 is 3.00. The minimum Gasteiger partial charge on any atom is -0.468 e. The molecule has 126 valence electrons. The van der Waals surface area contributed by atoms with Crippen LogP contribution in [0.2, 0.25) is 0 Å². The van der Waals surface area contributed by atoms with E-state index in [1.807, 2.05) is 0 Å². The van der Waals surface area contributed by atoms with Gasteiger partial charge in [-0.2, -0.15) is 0 Å². The molecule has 1 saturated carbocycles. The molecule has 1 unspecified atom stereocenters. The fourth-order valence-corrected chi connectivity index (χ4v) is 3.13. The third-order valence-electron chi connectivity index (χ3n) is 4.06. The predicted octanol–water partition coefficient (Wildman–Crippen LogP) is 2.80. The minimum absolute atomic E-state index is 0.0748. The van der Waals surface area contributed by atoms with Crippen LogP contribution in [0.1, 0.15) is 17.5 Å². The Kier molecular flexibility index (Phi) is 4.75. The van der Waals surface area contributed by atoms with Gasteiger partial charge in [0, 0.05) is 18.5 Å². The van der Waals surface area contributed by atoms with E-state index in [4.69, 9.17) is 0 Å². The molecular formula is C15H15BrF3NO3.